The Morgan fingerprint density at radius 2 is 2.43 bits per heavy atom. The van der Waals surface area contributed by atoms with Crippen molar-refractivity contribution in [2.24, 2.45) is 5.92 Å². The molecule has 1 heterocycles. The summed E-state index contributed by atoms with van der Waals surface area (Å²) in [5.41, 5.74) is 0. The minimum absolute atomic E-state index is 0.106. The molecule has 1 N–H and O–H groups in total. The molecular weight excluding hydrogens is 180 g/mol. The quantitative estimate of drug-likeness (QED) is 0.778. The van der Waals surface area contributed by atoms with Gasteiger partial charge in [-0.1, -0.05) is 6.42 Å². The molecule has 14 heavy (non-hydrogen) atoms. The van der Waals surface area contributed by atoms with Gasteiger partial charge in [-0.05, 0) is 19.8 Å². The molecule has 2 rings (SSSR count). The van der Waals surface area contributed by atoms with Crippen molar-refractivity contribution in [1.82, 2.24) is 9.55 Å². The number of carboxylic acid groups (broad SMARTS) is 1. The molecule has 2 atom stereocenters. The summed E-state index contributed by atoms with van der Waals surface area (Å²) >= 11 is 0. The molecule has 0 spiro atoms. The highest BCUT2D eigenvalue weighted by Gasteiger charge is 2.34. The van der Waals surface area contributed by atoms with Crippen LogP contribution in [0.3, 0.4) is 0 Å². The molecule has 4 nitrogen and oxygen atoms in total. The Labute approximate surface area is 82.6 Å². The largest absolute Gasteiger partial charge is 0.481 e. The molecule has 0 amide bonds. The first-order chi connectivity index (χ1) is 6.70. The average Bonchev–Trinajstić information content (AvgIpc) is 2.70. The molecule has 1 aliphatic carbocycles. The van der Waals surface area contributed by atoms with Gasteiger partial charge < -0.3 is 9.67 Å². The lowest BCUT2D eigenvalue weighted by Gasteiger charge is -2.18. The molecule has 1 saturated carbocycles. The second-order valence-electron chi connectivity index (χ2n) is 3.82. The van der Waals surface area contributed by atoms with Crippen molar-refractivity contribution in [2.45, 2.75) is 32.2 Å². The van der Waals surface area contributed by atoms with Crippen LogP contribution in [0.15, 0.2) is 12.4 Å². The monoisotopic (exact) mass is 194 g/mol. The lowest BCUT2D eigenvalue weighted by Crippen LogP contribution is -2.21. The van der Waals surface area contributed by atoms with Crippen LogP contribution in [0.2, 0.25) is 0 Å². The van der Waals surface area contributed by atoms with E-state index in [9.17, 15) is 4.79 Å². The standard InChI is InChI=1S/C10H14N2O2/c1-7-11-5-6-12(7)9-4-2-3-8(9)10(13)14/h5-6,8-9H,2-4H2,1H3,(H,13,14). The smallest absolute Gasteiger partial charge is 0.308 e. The maximum atomic E-state index is 11.0. The van der Waals surface area contributed by atoms with Gasteiger partial charge in [-0.25, -0.2) is 4.98 Å². The fourth-order valence-corrected chi connectivity index (χ4v) is 2.30. The van der Waals surface area contributed by atoms with Crippen molar-refractivity contribution in [1.29, 1.82) is 0 Å². The molecule has 0 saturated heterocycles. The zero-order valence-electron chi connectivity index (χ0n) is 8.18. The van der Waals surface area contributed by atoms with Gasteiger partial charge >= 0.3 is 5.97 Å². The summed E-state index contributed by atoms with van der Waals surface area (Å²) in [6, 6.07) is 0.106. The maximum absolute atomic E-state index is 11.0. The number of hydrogen-bond acceptors (Lipinski definition) is 2. The number of aliphatic carboxylic acids is 1. The Balaban J connectivity index is 2.26. The van der Waals surface area contributed by atoms with E-state index in [0.717, 1.165) is 25.1 Å². The molecule has 4 heteroatoms. The Morgan fingerprint density at radius 1 is 1.64 bits per heavy atom. The molecule has 0 aromatic carbocycles. The van der Waals surface area contributed by atoms with Crippen molar-refractivity contribution in [3.05, 3.63) is 18.2 Å². The van der Waals surface area contributed by atoms with Crippen LogP contribution >= 0.6 is 0 Å². The van der Waals surface area contributed by atoms with Crippen LogP contribution in [0.25, 0.3) is 0 Å². The summed E-state index contributed by atoms with van der Waals surface area (Å²) < 4.78 is 1.99. The average molecular weight is 194 g/mol. The van der Waals surface area contributed by atoms with Crippen LogP contribution in [-0.4, -0.2) is 20.6 Å². The minimum atomic E-state index is -0.680. The van der Waals surface area contributed by atoms with E-state index in [1.165, 1.54) is 0 Å². The fourth-order valence-electron chi connectivity index (χ4n) is 2.30. The first-order valence-electron chi connectivity index (χ1n) is 4.92. The van der Waals surface area contributed by atoms with Gasteiger partial charge in [0.15, 0.2) is 0 Å². The van der Waals surface area contributed by atoms with E-state index < -0.39 is 5.97 Å². The highest BCUT2D eigenvalue weighted by Crippen LogP contribution is 2.36. The summed E-state index contributed by atoms with van der Waals surface area (Å²) in [5.74, 6) is -0.00773. The van der Waals surface area contributed by atoms with E-state index in [2.05, 4.69) is 4.98 Å². The summed E-state index contributed by atoms with van der Waals surface area (Å²) in [5, 5.41) is 9.04. The van der Waals surface area contributed by atoms with Gasteiger partial charge in [-0.3, -0.25) is 4.79 Å². The van der Waals surface area contributed by atoms with Crippen molar-refractivity contribution in [3.63, 3.8) is 0 Å². The molecule has 1 aliphatic rings. The third-order valence-corrected chi connectivity index (χ3v) is 3.02. The Morgan fingerprint density at radius 3 is 3.00 bits per heavy atom. The molecular formula is C10H14N2O2. The fraction of sp³-hybridized carbons (Fsp3) is 0.600. The van der Waals surface area contributed by atoms with Gasteiger partial charge in [0.05, 0.1) is 5.92 Å². The number of rotatable bonds is 2. The molecule has 0 radical (unpaired) electrons. The molecule has 0 aliphatic heterocycles. The number of aromatic nitrogens is 2. The third kappa shape index (κ3) is 1.41. The first kappa shape index (κ1) is 9.24. The first-order valence-corrected chi connectivity index (χ1v) is 4.92. The molecule has 1 aromatic rings. The van der Waals surface area contributed by atoms with Crippen LogP contribution < -0.4 is 0 Å². The Kier molecular flexibility index (Phi) is 2.27. The van der Waals surface area contributed by atoms with Crippen molar-refractivity contribution in [3.8, 4) is 0 Å². The Bertz CT molecular complexity index is 346. The summed E-state index contributed by atoms with van der Waals surface area (Å²) in [6.07, 6.45) is 6.35. The normalized spacial score (nSPS) is 26.6. The molecule has 1 aromatic heterocycles. The zero-order chi connectivity index (χ0) is 10.1. The van der Waals surface area contributed by atoms with Gasteiger partial charge in [0, 0.05) is 18.4 Å². The third-order valence-electron chi connectivity index (χ3n) is 3.02. The highest BCUT2D eigenvalue weighted by atomic mass is 16.4. The lowest BCUT2D eigenvalue weighted by molar-refractivity contribution is -0.142. The Hall–Kier alpha value is -1.32. The van der Waals surface area contributed by atoms with Gasteiger partial charge in [-0.2, -0.15) is 0 Å². The van der Waals surface area contributed by atoms with Crippen LogP contribution in [0, 0.1) is 12.8 Å². The maximum Gasteiger partial charge on any atom is 0.308 e. The SMILES string of the molecule is Cc1nccn1C1CCCC1C(=O)O. The van der Waals surface area contributed by atoms with Crippen LogP contribution in [0.4, 0.5) is 0 Å². The number of imidazole rings is 1. The van der Waals surface area contributed by atoms with Crippen LogP contribution in [0.1, 0.15) is 31.1 Å². The van der Waals surface area contributed by atoms with Crippen molar-refractivity contribution < 1.29 is 9.90 Å². The molecule has 1 fully saturated rings. The van der Waals surface area contributed by atoms with Crippen LogP contribution in [0.5, 0.6) is 0 Å². The van der Waals surface area contributed by atoms with E-state index in [0.29, 0.717) is 0 Å². The summed E-state index contributed by atoms with van der Waals surface area (Å²) in [7, 11) is 0. The number of aryl methyl sites for hydroxylation is 1. The summed E-state index contributed by atoms with van der Waals surface area (Å²) in [6.45, 7) is 1.91. The zero-order valence-corrected chi connectivity index (χ0v) is 8.18. The van der Waals surface area contributed by atoms with E-state index >= 15 is 0 Å². The molecule has 2 unspecified atom stereocenters. The van der Waals surface area contributed by atoms with Gasteiger partial charge in [0.1, 0.15) is 5.82 Å². The van der Waals surface area contributed by atoms with Gasteiger partial charge in [0.25, 0.3) is 0 Å². The van der Waals surface area contributed by atoms with Crippen molar-refractivity contribution >= 4 is 5.97 Å². The van der Waals surface area contributed by atoms with E-state index in [-0.39, 0.29) is 12.0 Å². The summed E-state index contributed by atoms with van der Waals surface area (Å²) in [4.78, 5) is 15.1. The topological polar surface area (TPSA) is 55.1 Å². The highest BCUT2D eigenvalue weighted by molar-refractivity contribution is 5.71. The van der Waals surface area contributed by atoms with Crippen LogP contribution in [-0.2, 0) is 4.79 Å². The van der Waals surface area contributed by atoms with E-state index in [1.807, 2.05) is 17.7 Å². The predicted molar refractivity (Wildman–Crippen MR) is 51.0 cm³/mol. The second-order valence-corrected chi connectivity index (χ2v) is 3.82. The molecule has 0 bridgehead atoms. The molecule has 76 valence electrons. The van der Waals surface area contributed by atoms with Crippen molar-refractivity contribution in [2.75, 3.05) is 0 Å². The lowest BCUT2D eigenvalue weighted by atomic mass is 10.0. The van der Waals surface area contributed by atoms with Gasteiger partial charge in [-0.15, -0.1) is 0 Å². The predicted octanol–water partition coefficient (Wildman–Crippen LogP) is 1.62. The number of carboxylic acids is 1. The van der Waals surface area contributed by atoms with Gasteiger partial charge in [0.2, 0.25) is 0 Å². The van der Waals surface area contributed by atoms with E-state index in [1.54, 1.807) is 6.20 Å². The number of hydrogen-bond donors (Lipinski definition) is 1. The number of nitrogens with zero attached hydrogens (tertiary/aromatic N) is 2. The van der Waals surface area contributed by atoms with E-state index in [4.69, 9.17) is 5.11 Å². The second kappa shape index (κ2) is 3.44. The number of carbonyl (C=O) groups is 1. The minimum Gasteiger partial charge on any atom is -0.481 e.